The number of hydrogen-bond donors (Lipinski definition) is 1. The quantitative estimate of drug-likeness (QED) is 0.477. The van der Waals surface area contributed by atoms with Crippen LogP contribution in [0.5, 0.6) is 0 Å². The van der Waals surface area contributed by atoms with Crippen molar-refractivity contribution in [3.05, 3.63) is 51.2 Å². The van der Waals surface area contributed by atoms with Gasteiger partial charge in [-0.15, -0.1) is 0 Å². The number of benzene rings is 1. The Bertz CT molecular complexity index is 1010. The monoisotopic (exact) mass is 488 g/mol. The molecule has 1 aromatic carbocycles. The average molecular weight is 489 g/mol. The van der Waals surface area contributed by atoms with E-state index in [1.165, 1.54) is 4.68 Å². The van der Waals surface area contributed by atoms with Crippen molar-refractivity contribution in [2.45, 2.75) is 36.6 Å². The van der Waals surface area contributed by atoms with Crippen LogP contribution in [0.4, 0.5) is 18.9 Å². The van der Waals surface area contributed by atoms with Crippen LogP contribution in [0.15, 0.2) is 28.0 Å². The van der Waals surface area contributed by atoms with Gasteiger partial charge in [0.05, 0.1) is 29.4 Å². The summed E-state index contributed by atoms with van der Waals surface area (Å²) in [4.78, 5) is 12.8. The number of halogens is 4. The first-order valence-corrected chi connectivity index (χ1v) is 11.7. The molecular formula is C21H24ClF3N4O2S. The maximum Gasteiger partial charge on any atom is 0.287 e. The van der Waals surface area contributed by atoms with Crippen LogP contribution < -0.4 is 10.9 Å². The third-order valence-electron chi connectivity index (χ3n) is 5.75. The highest BCUT2D eigenvalue weighted by molar-refractivity contribution is 7.97. The lowest BCUT2D eigenvalue weighted by Gasteiger charge is -2.31. The zero-order chi connectivity index (χ0) is 22.7. The van der Waals surface area contributed by atoms with Crippen molar-refractivity contribution in [1.82, 2.24) is 14.1 Å². The largest absolute Gasteiger partial charge is 0.382 e. The summed E-state index contributed by atoms with van der Waals surface area (Å²) < 4.78 is 49.2. The molecule has 3 heterocycles. The van der Waals surface area contributed by atoms with Gasteiger partial charge in [0.2, 0.25) is 0 Å². The van der Waals surface area contributed by atoms with E-state index in [0.29, 0.717) is 56.8 Å². The normalized spacial score (nSPS) is 20.4. The van der Waals surface area contributed by atoms with Crippen LogP contribution in [0.1, 0.15) is 31.7 Å². The minimum absolute atomic E-state index is 0.0273. The molecule has 6 nitrogen and oxygen atoms in total. The van der Waals surface area contributed by atoms with Crippen molar-refractivity contribution < 1.29 is 17.9 Å². The Labute approximate surface area is 193 Å². The van der Waals surface area contributed by atoms with Gasteiger partial charge in [-0.05, 0) is 49.6 Å². The Kier molecular flexibility index (Phi) is 7.65. The van der Waals surface area contributed by atoms with Gasteiger partial charge in [-0.2, -0.15) is 5.10 Å². The molecule has 0 saturated carbocycles. The van der Waals surface area contributed by atoms with Crippen LogP contribution in [-0.2, 0) is 4.74 Å². The summed E-state index contributed by atoms with van der Waals surface area (Å²) in [6, 6.07) is 1.26. The van der Waals surface area contributed by atoms with Crippen LogP contribution in [0.2, 0.25) is 5.02 Å². The van der Waals surface area contributed by atoms with E-state index in [0.717, 1.165) is 37.5 Å². The first-order valence-electron chi connectivity index (χ1n) is 10.6. The molecule has 1 N–H and O–H groups in total. The molecule has 174 valence electrons. The molecule has 2 aliphatic heterocycles. The van der Waals surface area contributed by atoms with E-state index in [1.54, 1.807) is 6.20 Å². The third kappa shape index (κ3) is 5.41. The van der Waals surface area contributed by atoms with Gasteiger partial charge in [0.15, 0.2) is 11.6 Å². The van der Waals surface area contributed by atoms with E-state index >= 15 is 0 Å². The zero-order valence-corrected chi connectivity index (χ0v) is 18.9. The number of anilines is 1. The molecule has 0 bridgehead atoms. The minimum Gasteiger partial charge on any atom is -0.382 e. The lowest BCUT2D eigenvalue weighted by molar-refractivity contribution is 0.0595. The summed E-state index contributed by atoms with van der Waals surface area (Å²) in [5, 5.41) is 7.64. The van der Waals surface area contributed by atoms with Crippen LogP contribution in [0, 0.1) is 23.4 Å². The molecule has 2 aromatic rings. The van der Waals surface area contributed by atoms with Gasteiger partial charge in [-0.1, -0.05) is 11.6 Å². The smallest absolute Gasteiger partial charge is 0.287 e. The topological polar surface area (TPSA) is 59.4 Å². The number of nitrogens with one attached hydrogen (secondary N) is 1. The summed E-state index contributed by atoms with van der Waals surface area (Å²) in [6.07, 6.45) is 4.85. The number of ether oxygens (including phenoxy) is 1. The van der Waals surface area contributed by atoms with E-state index in [-0.39, 0.29) is 21.5 Å². The second kappa shape index (κ2) is 10.5. The number of aromatic nitrogens is 2. The second-order valence-corrected chi connectivity index (χ2v) is 9.55. The Morgan fingerprint density at radius 1 is 1.16 bits per heavy atom. The number of hydrogen-bond acceptors (Lipinski definition) is 6. The minimum atomic E-state index is -1.21. The molecule has 1 atom stereocenters. The number of rotatable bonds is 6. The predicted octanol–water partition coefficient (Wildman–Crippen LogP) is 4.50. The SMILES string of the molecule is O=c1c(Cl)c(NCC2CCCOC2)cnn1C1CCN(Sc2cc(F)c(F)cc2F)CC1. The highest BCUT2D eigenvalue weighted by atomic mass is 35.5. The van der Waals surface area contributed by atoms with Crippen molar-refractivity contribution >= 4 is 29.2 Å². The molecule has 1 unspecified atom stereocenters. The fraction of sp³-hybridized carbons (Fsp3) is 0.524. The lowest BCUT2D eigenvalue weighted by atomic mass is 10.0. The van der Waals surface area contributed by atoms with Gasteiger partial charge < -0.3 is 10.1 Å². The Hall–Kier alpha value is -1.75. The van der Waals surface area contributed by atoms with Gasteiger partial charge in [-0.25, -0.2) is 22.2 Å². The third-order valence-corrected chi connectivity index (χ3v) is 7.25. The van der Waals surface area contributed by atoms with E-state index in [2.05, 4.69) is 10.4 Å². The molecule has 2 saturated heterocycles. The van der Waals surface area contributed by atoms with Gasteiger partial charge in [-0.3, -0.25) is 4.79 Å². The maximum atomic E-state index is 13.9. The molecule has 4 rings (SSSR count). The molecule has 0 aliphatic carbocycles. The first-order chi connectivity index (χ1) is 15.4. The average Bonchev–Trinajstić information content (AvgIpc) is 2.80. The fourth-order valence-electron chi connectivity index (χ4n) is 3.94. The highest BCUT2D eigenvalue weighted by Crippen LogP contribution is 2.32. The molecule has 0 radical (unpaired) electrons. The summed E-state index contributed by atoms with van der Waals surface area (Å²) in [5.74, 6) is -2.72. The van der Waals surface area contributed by atoms with Gasteiger partial charge in [0, 0.05) is 32.3 Å². The summed E-state index contributed by atoms with van der Waals surface area (Å²) in [5.41, 5.74) is 0.162. The van der Waals surface area contributed by atoms with Crippen LogP contribution in [0.25, 0.3) is 0 Å². The molecule has 11 heteroatoms. The fourth-order valence-corrected chi connectivity index (χ4v) is 5.12. The molecule has 2 aliphatic rings. The van der Waals surface area contributed by atoms with Crippen LogP contribution >= 0.6 is 23.5 Å². The van der Waals surface area contributed by atoms with Crippen molar-refractivity contribution in [2.75, 3.05) is 38.2 Å². The van der Waals surface area contributed by atoms with Crippen LogP contribution in [0.3, 0.4) is 0 Å². The maximum absolute atomic E-state index is 13.9. The second-order valence-electron chi connectivity index (χ2n) is 8.03. The van der Waals surface area contributed by atoms with Crippen molar-refractivity contribution in [3.63, 3.8) is 0 Å². The molecule has 0 spiro atoms. The summed E-state index contributed by atoms with van der Waals surface area (Å²) in [6.45, 7) is 3.21. The lowest BCUT2D eigenvalue weighted by Crippen LogP contribution is -2.36. The highest BCUT2D eigenvalue weighted by Gasteiger charge is 2.25. The Balaban J connectivity index is 1.35. The molecule has 32 heavy (non-hydrogen) atoms. The number of piperidine rings is 1. The zero-order valence-electron chi connectivity index (χ0n) is 17.3. The van der Waals surface area contributed by atoms with Gasteiger partial charge in [0.1, 0.15) is 10.8 Å². The summed E-state index contributed by atoms with van der Waals surface area (Å²) in [7, 11) is 0. The Morgan fingerprint density at radius 2 is 1.91 bits per heavy atom. The summed E-state index contributed by atoms with van der Waals surface area (Å²) >= 11 is 7.37. The van der Waals surface area contributed by atoms with Crippen molar-refractivity contribution in [2.24, 2.45) is 5.92 Å². The molecule has 2 fully saturated rings. The first kappa shape index (κ1) is 23.4. The predicted molar refractivity (Wildman–Crippen MR) is 118 cm³/mol. The van der Waals surface area contributed by atoms with E-state index in [4.69, 9.17) is 16.3 Å². The van der Waals surface area contributed by atoms with E-state index in [9.17, 15) is 18.0 Å². The molecule has 0 amide bonds. The Morgan fingerprint density at radius 3 is 2.62 bits per heavy atom. The standard InChI is InChI=1S/C21H24ClF3N4O2S/c22-20-18(26-10-13-2-1-7-31-12-13)11-27-29(21(20)30)14-3-5-28(6-4-14)32-19-9-16(24)15(23)8-17(19)25/h8-9,11,13-14,26H,1-7,10,12H2. The van der Waals surface area contributed by atoms with Crippen molar-refractivity contribution in [3.8, 4) is 0 Å². The van der Waals surface area contributed by atoms with Crippen LogP contribution in [-0.4, -0.2) is 46.9 Å². The molecular weight excluding hydrogens is 465 g/mol. The van der Waals surface area contributed by atoms with E-state index < -0.39 is 17.5 Å². The van der Waals surface area contributed by atoms with Crippen molar-refractivity contribution in [1.29, 1.82) is 0 Å². The molecule has 1 aromatic heterocycles. The number of nitrogens with zero attached hydrogens (tertiary/aromatic N) is 3. The van der Waals surface area contributed by atoms with Gasteiger partial charge in [0.25, 0.3) is 5.56 Å². The van der Waals surface area contributed by atoms with E-state index in [1.807, 2.05) is 4.31 Å². The van der Waals surface area contributed by atoms with Gasteiger partial charge >= 0.3 is 0 Å².